The van der Waals surface area contributed by atoms with Crippen LogP contribution in [0.3, 0.4) is 0 Å². The molecule has 0 unspecified atom stereocenters. The van der Waals surface area contributed by atoms with Gasteiger partial charge in [0, 0.05) is 10.7 Å². The highest BCUT2D eigenvalue weighted by Crippen LogP contribution is 2.24. The van der Waals surface area contributed by atoms with Crippen molar-refractivity contribution in [3.8, 4) is 0 Å². The van der Waals surface area contributed by atoms with Gasteiger partial charge < -0.3 is 10.6 Å². The average molecular weight is 330 g/mol. The van der Waals surface area contributed by atoms with Gasteiger partial charge in [-0.05, 0) is 36.8 Å². The number of aromatic nitrogens is 3. The van der Waals surface area contributed by atoms with Gasteiger partial charge in [-0.3, -0.25) is 0 Å². The molecular formula is C16H13ClFN5. The summed E-state index contributed by atoms with van der Waals surface area (Å²) in [5.41, 5.74) is 2.11. The minimum absolute atomic E-state index is 0.194. The summed E-state index contributed by atoms with van der Waals surface area (Å²) in [6.07, 6.45) is 1.48. The van der Waals surface area contributed by atoms with Crippen LogP contribution in [-0.4, -0.2) is 15.2 Å². The molecule has 116 valence electrons. The molecule has 2 aromatic carbocycles. The highest BCUT2D eigenvalue weighted by Gasteiger charge is 2.06. The van der Waals surface area contributed by atoms with Crippen LogP contribution in [0.15, 0.2) is 48.7 Å². The van der Waals surface area contributed by atoms with Gasteiger partial charge in [0.25, 0.3) is 0 Å². The first-order chi connectivity index (χ1) is 11.1. The maximum Gasteiger partial charge on any atom is 0.249 e. The van der Waals surface area contributed by atoms with Crippen molar-refractivity contribution in [3.05, 3.63) is 65.1 Å². The van der Waals surface area contributed by atoms with Crippen LogP contribution < -0.4 is 10.6 Å². The minimum Gasteiger partial charge on any atom is -0.339 e. The van der Waals surface area contributed by atoms with Crippen molar-refractivity contribution in [2.24, 2.45) is 0 Å². The van der Waals surface area contributed by atoms with Crippen LogP contribution in [-0.2, 0) is 0 Å². The maximum absolute atomic E-state index is 13.7. The quantitative estimate of drug-likeness (QED) is 0.740. The topological polar surface area (TPSA) is 62.7 Å². The van der Waals surface area contributed by atoms with E-state index in [1.807, 2.05) is 19.1 Å². The van der Waals surface area contributed by atoms with E-state index in [0.29, 0.717) is 10.8 Å². The molecule has 3 aromatic rings. The van der Waals surface area contributed by atoms with E-state index >= 15 is 0 Å². The van der Waals surface area contributed by atoms with Crippen molar-refractivity contribution >= 4 is 34.7 Å². The Hall–Kier alpha value is -2.73. The molecule has 7 heteroatoms. The van der Waals surface area contributed by atoms with Crippen LogP contribution in [0.1, 0.15) is 5.56 Å². The van der Waals surface area contributed by atoms with Gasteiger partial charge in [0.15, 0.2) is 5.82 Å². The molecule has 0 spiro atoms. The summed E-state index contributed by atoms with van der Waals surface area (Å²) in [4.78, 5) is 4.27. The fourth-order valence-electron chi connectivity index (χ4n) is 1.97. The van der Waals surface area contributed by atoms with Gasteiger partial charge in [-0.15, -0.1) is 5.10 Å². The van der Waals surface area contributed by atoms with Gasteiger partial charge in [-0.25, -0.2) is 4.39 Å². The third-order valence-electron chi connectivity index (χ3n) is 3.14. The van der Waals surface area contributed by atoms with Crippen molar-refractivity contribution in [1.82, 2.24) is 15.2 Å². The number of halogens is 2. The molecule has 0 saturated heterocycles. The number of nitrogens with zero attached hydrogens (tertiary/aromatic N) is 3. The van der Waals surface area contributed by atoms with Crippen molar-refractivity contribution in [3.63, 3.8) is 0 Å². The van der Waals surface area contributed by atoms with E-state index in [1.165, 1.54) is 12.3 Å². The number of nitrogens with one attached hydrogen (secondary N) is 2. The number of para-hydroxylation sites is 1. The highest BCUT2D eigenvalue weighted by atomic mass is 35.5. The van der Waals surface area contributed by atoms with Gasteiger partial charge in [-0.2, -0.15) is 10.1 Å². The normalized spacial score (nSPS) is 10.4. The average Bonchev–Trinajstić information content (AvgIpc) is 2.54. The fourth-order valence-corrected chi connectivity index (χ4v) is 2.14. The predicted molar refractivity (Wildman–Crippen MR) is 89.0 cm³/mol. The second-order valence-corrected chi connectivity index (χ2v) is 5.29. The molecule has 23 heavy (non-hydrogen) atoms. The third-order valence-corrected chi connectivity index (χ3v) is 3.38. The molecule has 1 heterocycles. The molecule has 5 nitrogen and oxygen atoms in total. The summed E-state index contributed by atoms with van der Waals surface area (Å²) in [5, 5.41) is 14.3. The summed E-state index contributed by atoms with van der Waals surface area (Å²) >= 11 is 6.00. The zero-order valence-corrected chi connectivity index (χ0v) is 13.0. The maximum atomic E-state index is 13.7. The van der Waals surface area contributed by atoms with Crippen LogP contribution in [0.25, 0.3) is 0 Å². The van der Waals surface area contributed by atoms with Crippen molar-refractivity contribution in [2.45, 2.75) is 6.92 Å². The van der Waals surface area contributed by atoms with Crippen LogP contribution in [0.4, 0.5) is 27.5 Å². The predicted octanol–water partition coefficient (Wildman–Crippen LogP) is 4.46. The van der Waals surface area contributed by atoms with Crippen molar-refractivity contribution in [1.29, 1.82) is 0 Å². The van der Waals surface area contributed by atoms with Crippen LogP contribution in [0, 0.1) is 12.7 Å². The van der Waals surface area contributed by atoms with E-state index in [1.54, 1.807) is 24.3 Å². The second-order valence-electron chi connectivity index (χ2n) is 4.85. The fraction of sp³-hybridized carbons (Fsp3) is 0.0625. The van der Waals surface area contributed by atoms with E-state index in [9.17, 15) is 4.39 Å². The number of rotatable bonds is 4. The minimum atomic E-state index is -0.389. The van der Waals surface area contributed by atoms with Gasteiger partial charge in [-0.1, -0.05) is 29.8 Å². The Labute approximate surface area is 137 Å². The second kappa shape index (κ2) is 6.58. The number of benzene rings is 2. The first kappa shape index (κ1) is 15.2. The molecule has 0 bridgehead atoms. The standard InChI is InChI=1S/C16H13ClFN5/c1-10-6-7-11(17)8-14(10)20-15-9-19-23-16(22-15)21-13-5-3-2-4-12(13)18/h2-9H,1H3,(H2,20,21,22,23). The van der Waals surface area contributed by atoms with E-state index < -0.39 is 0 Å². The first-order valence-electron chi connectivity index (χ1n) is 6.86. The lowest BCUT2D eigenvalue weighted by atomic mass is 10.2. The molecular weight excluding hydrogens is 317 g/mol. The molecule has 0 fully saturated rings. The molecule has 0 atom stereocenters. The number of anilines is 4. The molecule has 3 rings (SSSR count). The lowest BCUT2D eigenvalue weighted by molar-refractivity contribution is 0.631. The Balaban J connectivity index is 1.83. The van der Waals surface area contributed by atoms with Crippen molar-refractivity contribution in [2.75, 3.05) is 10.6 Å². The monoisotopic (exact) mass is 329 g/mol. The number of hydrogen-bond acceptors (Lipinski definition) is 5. The largest absolute Gasteiger partial charge is 0.339 e. The SMILES string of the molecule is Cc1ccc(Cl)cc1Nc1cnnc(Nc2ccccc2F)n1. The Bertz CT molecular complexity index is 840. The van der Waals surface area contributed by atoms with Crippen molar-refractivity contribution < 1.29 is 4.39 Å². The molecule has 0 saturated carbocycles. The molecule has 0 aliphatic heterocycles. The van der Waals surface area contributed by atoms with Crippen LogP contribution >= 0.6 is 11.6 Å². The molecule has 0 aliphatic carbocycles. The molecule has 2 N–H and O–H groups in total. The molecule has 0 amide bonds. The molecule has 0 aliphatic rings. The smallest absolute Gasteiger partial charge is 0.249 e. The lowest BCUT2D eigenvalue weighted by Crippen LogP contribution is -2.03. The van der Waals surface area contributed by atoms with Gasteiger partial charge in [0.05, 0.1) is 11.9 Å². The van der Waals surface area contributed by atoms with E-state index in [0.717, 1.165) is 11.3 Å². The summed E-state index contributed by atoms with van der Waals surface area (Å²) in [6, 6.07) is 11.8. The zero-order chi connectivity index (χ0) is 16.2. The van der Waals surface area contributed by atoms with Crippen LogP contribution in [0.5, 0.6) is 0 Å². The van der Waals surface area contributed by atoms with Crippen LogP contribution in [0.2, 0.25) is 5.02 Å². The molecule has 1 aromatic heterocycles. The lowest BCUT2D eigenvalue weighted by Gasteiger charge is -2.10. The Kier molecular flexibility index (Phi) is 4.34. The number of hydrogen-bond donors (Lipinski definition) is 2. The Morgan fingerprint density at radius 3 is 2.70 bits per heavy atom. The van der Waals surface area contributed by atoms with E-state index in [-0.39, 0.29) is 17.5 Å². The van der Waals surface area contributed by atoms with Gasteiger partial charge in [0.1, 0.15) is 5.82 Å². The highest BCUT2D eigenvalue weighted by molar-refractivity contribution is 6.30. The van der Waals surface area contributed by atoms with Gasteiger partial charge >= 0.3 is 0 Å². The van der Waals surface area contributed by atoms with Gasteiger partial charge in [0.2, 0.25) is 5.95 Å². The zero-order valence-electron chi connectivity index (χ0n) is 12.2. The number of aryl methyl sites for hydroxylation is 1. The molecule has 0 radical (unpaired) electrons. The summed E-state index contributed by atoms with van der Waals surface area (Å²) in [6.45, 7) is 1.95. The third kappa shape index (κ3) is 3.73. The summed E-state index contributed by atoms with van der Waals surface area (Å²) in [5.74, 6) is 0.282. The Morgan fingerprint density at radius 1 is 1.04 bits per heavy atom. The first-order valence-corrected chi connectivity index (χ1v) is 7.24. The summed E-state index contributed by atoms with van der Waals surface area (Å²) < 4.78 is 13.7. The van der Waals surface area contributed by atoms with E-state index in [4.69, 9.17) is 11.6 Å². The van der Waals surface area contributed by atoms with E-state index in [2.05, 4.69) is 25.8 Å². The summed E-state index contributed by atoms with van der Waals surface area (Å²) in [7, 11) is 0. The Morgan fingerprint density at radius 2 is 1.87 bits per heavy atom.